The molecule has 2 amide bonds. The number of para-hydroxylation sites is 1. The zero-order chi connectivity index (χ0) is 28.9. The molecule has 1 spiro atoms. The number of aryl methyl sites for hydroxylation is 1. The van der Waals surface area contributed by atoms with Gasteiger partial charge >= 0.3 is 5.97 Å². The second kappa shape index (κ2) is 13.6. The number of rotatable bonds is 15. The van der Waals surface area contributed by atoms with Crippen molar-refractivity contribution in [1.29, 1.82) is 0 Å². The highest BCUT2D eigenvalue weighted by atomic mass is 35.5. The number of thioether (sulfide) groups is 1. The number of benzene rings is 1. The number of esters is 1. The van der Waals surface area contributed by atoms with Crippen LogP contribution in [0.2, 0.25) is 5.02 Å². The Hall–Kier alpha value is -2.29. The molecule has 0 aliphatic carbocycles. The smallest absolute Gasteiger partial charge is 0.310 e. The molecule has 3 fully saturated rings. The summed E-state index contributed by atoms with van der Waals surface area (Å²) < 4.78 is 5.00. The second-order valence-electron chi connectivity index (χ2n) is 11.0. The number of aliphatic hydroxyl groups excluding tert-OH is 1. The van der Waals surface area contributed by atoms with E-state index < -0.39 is 22.6 Å². The molecule has 9 heteroatoms. The summed E-state index contributed by atoms with van der Waals surface area (Å²) in [6.45, 7) is 10.6. The number of nitrogens with zero attached hydrogens (tertiary/aromatic N) is 2. The maximum Gasteiger partial charge on any atom is 0.310 e. The van der Waals surface area contributed by atoms with Gasteiger partial charge in [-0.05, 0) is 69.9 Å². The van der Waals surface area contributed by atoms with E-state index in [0.29, 0.717) is 43.1 Å². The first kappa shape index (κ1) is 30.7. The van der Waals surface area contributed by atoms with Gasteiger partial charge in [0, 0.05) is 24.9 Å². The van der Waals surface area contributed by atoms with Crippen molar-refractivity contribution < 1.29 is 24.2 Å². The number of anilines is 1. The van der Waals surface area contributed by atoms with Gasteiger partial charge in [-0.15, -0.1) is 24.9 Å². The Labute approximate surface area is 246 Å². The summed E-state index contributed by atoms with van der Waals surface area (Å²) in [4.78, 5) is 45.5. The number of allylic oxidation sites excluding steroid dienone is 1. The highest BCUT2D eigenvalue weighted by Crippen LogP contribution is 2.66. The Morgan fingerprint density at radius 3 is 2.73 bits per heavy atom. The van der Waals surface area contributed by atoms with Crippen molar-refractivity contribution in [1.82, 2.24) is 4.90 Å². The summed E-state index contributed by atoms with van der Waals surface area (Å²) in [7, 11) is 0. The summed E-state index contributed by atoms with van der Waals surface area (Å²) in [5.41, 5.74) is 1.48. The third kappa shape index (κ3) is 5.72. The molecule has 218 valence electrons. The van der Waals surface area contributed by atoms with E-state index in [0.717, 1.165) is 37.7 Å². The predicted molar refractivity (Wildman–Crippen MR) is 161 cm³/mol. The first-order valence-corrected chi connectivity index (χ1v) is 15.6. The van der Waals surface area contributed by atoms with Gasteiger partial charge in [0.1, 0.15) is 6.04 Å². The van der Waals surface area contributed by atoms with Crippen LogP contribution in [0.1, 0.15) is 56.9 Å². The van der Waals surface area contributed by atoms with Crippen molar-refractivity contribution in [3.8, 4) is 0 Å². The monoisotopic (exact) mass is 588 g/mol. The van der Waals surface area contributed by atoms with Crippen molar-refractivity contribution in [2.45, 2.75) is 74.3 Å². The number of fused-ring (bicyclic) bond motifs is 1. The van der Waals surface area contributed by atoms with Gasteiger partial charge in [0.05, 0.1) is 33.9 Å². The minimum Gasteiger partial charge on any atom is -0.465 e. The average Bonchev–Trinajstić information content (AvgIpc) is 3.57. The van der Waals surface area contributed by atoms with E-state index in [1.807, 2.05) is 25.1 Å². The zero-order valence-corrected chi connectivity index (χ0v) is 24.9. The van der Waals surface area contributed by atoms with Crippen LogP contribution in [0, 0.1) is 18.8 Å². The van der Waals surface area contributed by atoms with Crippen LogP contribution in [0.5, 0.6) is 0 Å². The lowest BCUT2D eigenvalue weighted by atomic mass is 9.71. The first-order chi connectivity index (χ1) is 19.3. The van der Waals surface area contributed by atoms with Crippen molar-refractivity contribution in [2.75, 3.05) is 31.2 Å². The lowest BCUT2D eigenvalue weighted by molar-refractivity contribution is -0.154. The molecule has 3 aliphatic rings. The highest BCUT2D eigenvalue weighted by molar-refractivity contribution is 8.02. The third-order valence-electron chi connectivity index (χ3n) is 8.45. The van der Waals surface area contributed by atoms with E-state index in [1.54, 1.807) is 33.7 Å². The molecule has 1 N–H and O–H groups in total. The van der Waals surface area contributed by atoms with Crippen molar-refractivity contribution in [3.05, 3.63) is 54.1 Å². The minimum atomic E-state index is -0.727. The number of aliphatic hydroxyl groups is 1. The van der Waals surface area contributed by atoms with Gasteiger partial charge in [-0.25, -0.2) is 0 Å². The maximum atomic E-state index is 14.6. The van der Waals surface area contributed by atoms with Crippen LogP contribution < -0.4 is 4.90 Å². The van der Waals surface area contributed by atoms with Gasteiger partial charge in [0.25, 0.3) is 5.91 Å². The molecular weight excluding hydrogens is 548 g/mol. The number of hydrogen-bond acceptors (Lipinski definition) is 6. The van der Waals surface area contributed by atoms with Crippen molar-refractivity contribution in [3.63, 3.8) is 0 Å². The molecule has 7 nitrogen and oxygen atoms in total. The number of ether oxygens (including phenoxy) is 1. The van der Waals surface area contributed by atoms with E-state index in [2.05, 4.69) is 13.2 Å². The number of unbranched alkanes of at least 4 members (excludes halogenated alkanes) is 4. The predicted octanol–water partition coefficient (Wildman–Crippen LogP) is 5.32. The van der Waals surface area contributed by atoms with E-state index >= 15 is 0 Å². The molecule has 1 aromatic rings. The molecule has 4 rings (SSSR count). The number of carbonyl (C=O) groups excluding carboxylic acids is 3. The fourth-order valence-electron chi connectivity index (χ4n) is 6.70. The zero-order valence-electron chi connectivity index (χ0n) is 23.4. The standard InChI is InChI=1S/C31H41ClN2O5S/c1-4-6-7-11-20-39-30(38)24-23-15-16-31(40-23)25(24)28(36)34(18-9-8-10-19-35)27(31)29(37)33(17-5-2)26-21(3)13-12-14-22(26)32/h4-5,12-14,23-25,27,35H,1-2,6-11,15-20H2,3H3/t23-,24+,25+,27?,31?/m1/s1. The number of hydrogen-bond donors (Lipinski definition) is 1. The molecular formula is C31H41ClN2O5S. The van der Waals surface area contributed by atoms with E-state index in [-0.39, 0.29) is 36.2 Å². The number of carbonyl (C=O) groups is 3. The van der Waals surface area contributed by atoms with E-state index in [1.165, 1.54) is 0 Å². The first-order valence-electron chi connectivity index (χ1n) is 14.4. The quantitative estimate of drug-likeness (QED) is 0.169. The van der Waals surface area contributed by atoms with Gasteiger partial charge in [-0.1, -0.05) is 35.9 Å². The van der Waals surface area contributed by atoms with Crippen LogP contribution in [0.15, 0.2) is 43.5 Å². The maximum absolute atomic E-state index is 14.6. The van der Waals surface area contributed by atoms with Crippen LogP contribution in [-0.4, -0.2) is 70.1 Å². The normalized spacial score (nSPS) is 26.6. The summed E-state index contributed by atoms with van der Waals surface area (Å²) in [6, 6.07) is 4.80. The van der Waals surface area contributed by atoms with Gasteiger partial charge in [-0.2, -0.15) is 0 Å². The summed E-state index contributed by atoms with van der Waals surface area (Å²) in [5, 5.41) is 9.69. The Morgan fingerprint density at radius 1 is 1.23 bits per heavy atom. The number of amides is 2. The summed E-state index contributed by atoms with van der Waals surface area (Å²) in [5.74, 6) is -1.81. The number of halogens is 1. The van der Waals surface area contributed by atoms with Gasteiger partial charge < -0.3 is 19.6 Å². The molecule has 2 unspecified atom stereocenters. The molecule has 40 heavy (non-hydrogen) atoms. The summed E-state index contributed by atoms with van der Waals surface area (Å²) >= 11 is 8.26. The number of likely N-dealkylation sites (tertiary alicyclic amines) is 1. The van der Waals surface area contributed by atoms with E-state index in [9.17, 15) is 19.5 Å². The topological polar surface area (TPSA) is 87.1 Å². The molecule has 0 radical (unpaired) electrons. The van der Waals surface area contributed by atoms with Crippen LogP contribution in [0.4, 0.5) is 5.69 Å². The van der Waals surface area contributed by atoms with Crippen LogP contribution in [0.25, 0.3) is 0 Å². The SMILES string of the molecule is C=CCCCCOC(=O)[C@@H]1[C@H]2C(=O)N(CCCCCO)C(C(=O)N(CC=C)c3c(C)cccc3Cl)C23CC[C@H]1S3. The fraction of sp³-hybridized carbons (Fsp3) is 0.581. The van der Waals surface area contributed by atoms with Gasteiger partial charge in [0.2, 0.25) is 5.91 Å². The minimum absolute atomic E-state index is 0.0450. The molecule has 3 aliphatic heterocycles. The average molecular weight is 589 g/mol. The molecule has 3 heterocycles. The van der Waals surface area contributed by atoms with Gasteiger partial charge in [0.15, 0.2) is 0 Å². The Balaban J connectivity index is 1.67. The van der Waals surface area contributed by atoms with Crippen LogP contribution in [0.3, 0.4) is 0 Å². The summed E-state index contributed by atoms with van der Waals surface area (Å²) in [6.07, 6.45) is 9.52. The van der Waals surface area contributed by atoms with Crippen LogP contribution in [-0.2, 0) is 19.1 Å². The Morgan fingerprint density at radius 2 is 2.02 bits per heavy atom. The van der Waals surface area contributed by atoms with Crippen molar-refractivity contribution in [2.24, 2.45) is 11.8 Å². The highest BCUT2D eigenvalue weighted by Gasteiger charge is 2.74. The molecule has 3 saturated heterocycles. The van der Waals surface area contributed by atoms with Crippen molar-refractivity contribution >= 4 is 46.8 Å². The largest absolute Gasteiger partial charge is 0.465 e. The molecule has 2 bridgehead atoms. The lowest BCUT2D eigenvalue weighted by Crippen LogP contribution is -2.55. The fourth-order valence-corrected chi connectivity index (χ4v) is 9.23. The molecule has 1 aromatic carbocycles. The lowest BCUT2D eigenvalue weighted by Gasteiger charge is -2.37. The van der Waals surface area contributed by atoms with Gasteiger partial charge in [-0.3, -0.25) is 14.4 Å². The van der Waals surface area contributed by atoms with E-state index in [4.69, 9.17) is 16.3 Å². The molecule has 5 atom stereocenters. The Kier molecular flexibility index (Phi) is 10.4. The Bertz CT molecular complexity index is 1110. The van der Waals surface area contributed by atoms with Crippen LogP contribution >= 0.6 is 23.4 Å². The third-order valence-corrected chi connectivity index (χ3v) is 10.7. The molecule has 0 aromatic heterocycles. The molecule has 0 saturated carbocycles. The second-order valence-corrected chi connectivity index (χ2v) is 13.0.